The average Bonchev–Trinajstić information content (AvgIpc) is 2.16. The van der Waals surface area contributed by atoms with Gasteiger partial charge >= 0.3 is 0 Å². The highest BCUT2D eigenvalue weighted by Gasteiger charge is 2.16. The second kappa shape index (κ2) is 3.23. The Hall–Kier alpha value is -1.57. The molecule has 78 valence electrons. The molecule has 0 aliphatic heterocycles. The molecule has 2 heterocycles. The van der Waals surface area contributed by atoms with Gasteiger partial charge in [0.05, 0.1) is 5.52 Å². The predicted molar refractivity (Wildman–Crippen MR) is 62.4 cm³/mol. The highest BCUT2D eigenvalue weighted by Crippen LogP contribution is 2.25. The highest BCUT2D eigenvalue weighted by molar-refractivity contribution is 5.57. The molecule has 2 heteroatoms. The van der Waals surface area contributed by atoms with Gasteiger partial charge in [-0.05, 0) is 23.1 Å². The van der Waals surface area contributed by atoms with E-state index in [1.807, 2.05) is 24.4 Å². The summed E-state index contributed by atoms with van der Waals surface area (Å²) in [4.78, 5) is 11.6. The van der Waals surface area contributed by atoms with Crippen molar-refractivity contribution < 1.29 is 0 Å². The maximum Gasteiger partial charge on any atom is 0.255 e. The third kappa shape index (κ3) is 1.67. The predicted octanol–water partition coefficient (Wildman–Crippen LogP) is 2.60. The van der Waals surface area contributed by atoms with E-state index in [0.717, 1.165) is 5.52 Å². The van der Waals surface area contributed by atoms with Crippen LogP contribution < -0.4 is 5.56 Å². The number of pyridine rings is 2. The van der Waals surface area contributed by atoms with E-state index in [9.17, 15) is 4.79 Å². The summed E-state index contributed by atoms with van der Waals surface area (Å²) in [6.07, 6.45) is 1.81. The van der Waals surface area contributed by atoms with E-state index in [-0.39, 0.29) is 11.0 Å². The number of aromatic nitrogens is 1. The van der Waals surface area contributed by atoms with E-state index in [2.05, 4.69) is 26.8 Å². The van der Waals surface area contributed by atoms with Gasteiger partial charge in [-0.1, -0.05) is 32.9 Å². The lowest BCUT2D eigenvalue weighted by atomic mass is 9.86. The van der Waals surface area contributed by atoms with Gasteiger partial charge in [-0.25, -0.2) is 0 Å². The largest absolute Gasteiger partial charge is 0.284 e. The number of fused-ring (bicyclic) bond motifs is 1. The summed E-state index contributed by atoms with van der Waals surface area (Å²) in [5.41, 5.74) is 2.28. The Morgan fingerprint density at radius 1 is 1.07 bits per heavy atom. The molecule has 0 N–H and O–H groups in total. The summed E-state index contributed by atoms with van der Waals surface area (Å²) >= 11 is 0. The van der Waals surface area contributed by atoms with Crippen molar-refractivity contribution in [1.29, 1.82) is 0 Å². The fraction of sp³-hybridized carbons (Fsp3) is 0.308. The standard InChI is InChI=1S/C13H15NO/c1-13(2,3)10-6-5-9-14-11(10)7-4-8-12(14)15/h4-9H,1-3H3. The molecule has 2 aromatic heterocycles. The van der Waals surface area contributed by atoms with E-state index in [4.69, 9.17) is 0 Å². The Balaban J connectivity index is 2.89. The van der Waals surface area contributed by atoms with E-state index in [1.165, 1.54) is 5.56 Å². The summed E-state index contributed by atoms with van der Waals surface area (Å²) in [5.74, 6) is 0. The SMILES string of the molecule is CC(C)(C)c1cccn2c(=O)cccc12. The number of hydrogen-bond donors (Lipinski definition) is 0. The van der Waals surface area contributed by atoms with Gasteiger partial charge in [0.1, 0.15) is 0 Å². The molecule has 2 aromatic rings. The zero-order valence-corrected chi connectivity index (χ0v) is 9.32. The van der Waals surface area contributed by atoms with Crippen molar-refractivity contribution >= 4 is 5.52 Å². The molecule has 0 aliphatic rings. The minimum atomic E-state index is 0.0265. The van der Waals surface area contributed by atoms with Gasteiger partial charge in [0, 0.05) is 12.3 Å². The quantitative estimate of drug-likeness (QED) is 0.642. The van der Waals surface area contributed by atoms with Crippen LogP contribution in [-0.2, 0) is 5.41 Å². The Bertz CT molecular complexity index is 546. The van der Waals surface area contributed by atoms with Crippen LogP contribution in [-0.4, -0.2) is 4.40 Å². The first-order valence-corrected chi connectivity index (χ1v) is 5.11. The molecule has 0 saturated heterocycles. The molecule has 0 spiro atoms. The van der Waals surface area contributed by atoms with Gasteiger partial charge in [-0.2, -0.15) is 0 Å². The Labute approximate surface area is 89.2 Å². The van der Waals surface area contributed by atoms with Crippen molar-refractivity contribution in [3.63, 3.8) is 0 Å². The van der Waals surface area contributed by atoms with Gasteiger partial charge < -0.3 is 0 Å². The zero-order valence-electron chi connectivity index (χ0n) is 9.32. The third-order valence-corrected chi connectivity index (χ3v) is 2.57. The first kappa shape index (κ1) is 9.97. The Morgan fingerprint density at radius 3 is 2.47 bits per heavy atom. The summed E-state index contributed by atoms with van der Waals surface area (Å²) in [5, 5.41) is 0. The van der Waals surface area contributed by atoms with Crippen molar-refractivity contribution in [2.75, 3.05) is 0 Å². The van der Waals surface area contributed by atoms with Crippen LogP contribution in [0.1, 0.15) is 26.3 Å². The molecule has 15 heavy (non-hydrogen) atoms. The van der Waals surface area contributed by atoms with Gasteiger partial charge in [0.25, 0.3) is 5.56 Å². The van der Waals surface area contributed by atoms with Gasteiger partial charge in [-0.15, -0.1) is 0 Å². The summed E-state index contributed by atoms with van der Waals surface area (Å²) in [6.45, 7) is 6.46. The van der Waals surface area contributed by atoms with Crippen LogP contribution in [0.4, 0.5) is 0 Å². The topological polar surface area (TPSA) is 21.5 Å². The molecule has 0 aliphatic carbocycles. The lowest BCUT2D eigenvalue weighted by Crippen LogP contribution is -2.18. The molecule has 0 atom stereocenters. The first-order chi connectivity index (χ1) is 7.00. The van der Waals surface area contributed by atoms with Gasteiger partial charge in [0.15, 0.2) is 0 Å². The first-order valence-electron chi connectivity index (χ1n) is 5.11. The summed E-state index contributed by atoms with van der Waals surface area (Å²) in [7, 11) is 0. The molecule has 2 rings (SSSR count). The molecule has 0 fully saturated rings. The van der Waals surface area contributed by atoms with Crippen LogP contribution in [0.5, 0.6) is 0 Å². The van der Waals surface area contributed by atoms with E-state index in [1.54, 1.807) is 10.5 Å². The molecule has 0 aromatic carbocycles. The molecule has 0 radical (unpaired) electrons. The lowest BCUT2D eigenvalue weighted by molar-refractivity contribution is 0.592. The maximum absolute atomic E-state index is 11.6. The molecule has 0 amide bonds. The zero-order chi connectivity index (χ0) is 11.1. The van der Waals surface area contributed by atoms with Crippen molar-refractivity contribution in [2.45, 2.75) is 26.2 Å². The molecule has 0 bridgehead atoms. The Kier molecular flexibility index (Phi) is 2.14. The molecule has 0 unspecified atom stereocenters. The maximum atomic E-state index is 11.6. The molecule has 2 nitrogen and oxygen atoms in total. The van der Waals surface area contributed by atoms with Crippen LogP contribution >= 0.6 is 0 Å². The van der Waals surface area contributed by atoms with Crippen molar-refractivity contribution in [1.82, 2.24) is 4.40 Å². The third-order valence-electron chi connectivity index (χ3n) is 2.57. The second-order valence-electron chi connectivity index (χ2n) is 4.79. The fourth-order valence-corrected chi connectivity index (χ4v) is 1.82. The lowest BCUT2D eigenvalue weighted by Gasteiger charge is -2.21. The summed E-state index contributed by atoms with van der Waals surface area (Å²) in [6, 6.07) is 9.39. The number of nitrogens with zero attached hydrogens (tertiary/aromatic N) is 1. The van der Waals surface area contributed by atoms with E-state index >= 15 is 0 Å². The Morgan fingerprint density at radius 2 is 1.80 bits per heavy atom. The minimum absolute atomic E-state index is 0.0265. The molecule has 0 saturated carbocycles. The van der Waals surface area contributed by atoms with E-state index in [0.29, 0.717) is 0 Å². The van der Waals surface area contributed by atoms with E-state index < -0.39 is 0 Å². The minimum Gasteiger partial charge on any atom is -0.284 e. The van der Waals surface area contributed by atoms with Gasteiger partial charge in [0.2, 0.25) is 0 Å². The molecular formula is C13H15NO. The van der Waals surface area contributed by atoms with Gasteiger partial charge in [-0.3, -0.25) is 9.20 Å². The van der Waals surface area contributed by atoms with Crippen molar-refractivity contribution in [3.8, 4) is 0 Å². The monoisotopic (exact) mass is 201 g/mol. The highest BCUT2D eigenvalue weighted by atomic mass is 16.1. The normalized spacial score (nSPS) is 11.9. The van der Waals surface area contributed by atoms with Crippen LogP contribution in [0, 0.1) is 0 Å². The fourth-order valence-electron chi connectivity index (χ4n) is 1.82. The van der Waals surface area contributed by atoms with Crippen LogP contribution in [0.25, 0.3) is 5.52 Å². The van der Waals surface area contributed by atoms with Crippen molar-refractivity contribution in [3.05, 3.63) is 52.4 Å². The smallest absolute Gasteiger partial charge is 0.255 e. The average molecular weight is 201 g/mol. The molecular weight excluding hydrogens is 186 g/mol. The number of rotatable bonds is 0. The van der Waals surface area contributed by atoms with Crippen molar-refractivity contribution in [2.24, 2.45) is 0 Å². The number of hydrogen-bond acceptors (Lipinski definition) is 1. The van der Waals surface area contributed by atoms with Crippen LogP contribution in [0.3, 0.4) is 0 Å². The summed E-state index contributed by atoms with van der Waals surface area (Å²) < 4.78 is 1.70. The van der Waals surface area contributed by atoms with Crippen LogP contribution in [0.15, 0.2) is 41.3 Å². The van der Waals surface area contributed by atoms with Crippen LogP contribution in [0.2, 0.25) is 0 Å². The second-order valence-corrected chi connectivity index (χ2v) is 4.79.